The predicted molar refractivity (Wildman–Crippen MR) is 83.8 cm³/mol. The van der Waals surface area contributed by atoms with Crippen LogP contribution in [-0.4, -0.2) is 10.9 Å². The second-order valence-corrected chi connectivity index (χ2v) is 4.94. The maximum atomic E-state index is 12.2. The van der Waals surface area contributed by atoms with Gasteiger partial charge in [-0.15, -0.1) is 0 Å². The zero-order chi connectivity index (χ0) is 14.7. The van der Waals surface area contributed by atoms with Crippen LogP contribution in [0.15, 0.2) is 54.7 Å². The highest BCUT2D eigenvalue weighted by molar-refractivity contribution is 5.98. The first-order valence-electron chi connectivity index (χ1n) is 6.90. The third kappa shape index (κ3) is 2.80. The van der Waals surface area contributed by atoms with Crippen LogP contribution in [-0.2, 0) is 13.1 Å². The number of carbonyl (C=O) groups is 1. The Hall–Kier alpha value is -2.59. The molecule has 3 rings (SSSR count). The molecule has 0 saturated carbocycles. The fourth-order valence-electron chi connectivity index (χ4n) is 2.40. The van der Waals surface area contributed by atoms with Gasteiger partial charge in [-0.2, -0.15) is 0 Å². The van der Waals surface area contributed by atoms with Gasteiger partial charge in [0.25, 0.3) is 5.91 Å². The zero-order valence-electron chi connectivity index (χ0n) is 11.6. The van der Waals surface area contributed by atoms with Crippen LogP contribution in [0.4, 0.5) is 0 Å². The topological polar surface area (TPSA) is 70.9 Å². The van der Waals surface area contributed by atoms with Crippen LogP contribution in [0.5, 0.6) is 0 Å². The number of aromatic nitrogens is 1. The Morgan fingerprint density at radius 3 is 2.71 bits per heavy atom. The Morgan fingerprint density at radius 2 is 1.90 bits per heavy atom. The van der Waals surface area contributed by atoms with Crippen molar-refractivity contribution in [3.63, 3.8) is 0 Å². The lowest BCUT2D eigenvalue weighted by atomic mass is 10.1. The number of nitrogens with two attached hydrogens (primary N) is 1. The van der Waals surface area contributed by atoms with E-state index in [1.807, 2.05) is 54.7 Å². The maximum absolute atomic E-state index is 12.2. The van der Waals surface area contributed by atoms with Crippen LogP contribution in [0.3, 0.4) is 0 Å². The third-order valence-electron chi connectivity index (χ3n) is 3.59. The highest BCUT2D eigenvalue weighted by Crippen LogP contribution is 2.14. The summed E-state index contributed by atoms with van der Waals surface area (Å²) in [5.41, 5.74) is 9.50. The summed E-state index contributed by atoms with van der Waals surface area (Å²) in [4.78, 5) is 15.3. The number of nitrogens with one attached hydrogen (secondary N) is 2. The number of carbonyl (C=O) groups excluding carboxylic acids is 1. The summed E-state index contributed by atoms with van der Waals surface area (Å²) in [6.07, 6.45) is 1.86. The van der Waals surface area contributed by atoms with Crippen LogP contribution < -0.4 is 11.1 Å². The van der Waals surface area contributed by atoms with E-state index in [2.05, 4.69) is 10.3 Å². The van der Waals surface area contributed by atoms with Crippen molar-refractivity contribution < 1.29 is 4.79 Å². The van der Waals surface area contributed by atoms with Crippen molar-refractivity contribution in [1.82, 2.24) is 10.3 Å². The van der Waals surface area contributed by atoms with Crippen LogP contribution in [0, 0.1) is 0 Å². The summed E-state index contributed by atoms with van der Waals surface area (Å²) >= 11 is 0. The fourth-order valence-corrected chi connectivity index (χ4v) is 2.40. The van der Waals surface area contributed by atoms with E-state index < -0.39 is 0 Å². The maximum Gasteiger partial charge on any atom is 0.251 e. The molecule has 1 aromatic heterocycles. The van der Waals surface area contributed by atoms with Gasteiger partial charge >= 0.3 is 0 Å². The molecule has 0 fully saturated rings. The minimum absolute atomic E-state index is 0.0788. The lowest BCUT2D eigenvalue weighted by molar-refractivity contribution is 0.0951. The van der Waals surface area contributed by atoms with E-state index in [1.54, 1.807) is 0 Å². The minimum atomic E-state index is -0.0788. The summed E-state index contributed by atoms with van der Waals surface area (Å²) in [6, 6.07) is 15.4. The van der Waals surface area contributed by atoms with Crippen molar-refractivity contribution in [2.24, 2.45) is 5.73 Å². The van der Waals surface area contributed by atoms with Gasteiger partial charge in [0.05, 0.1) is 0 Å². The number of hydrogen-bond acceptors (Lipinski definition) is 2. The second-order valence-electron chi connectivity index (χ2n) is 4.94. The van der Waals surface area contributed by atoms with Crippen molar-refractivity contribution in [3.05, 3.63) is 71.4 Å². The molecule has 1 amide bonds. The molecular weight excluding hydrogens is 262 g/mol. The second kappa shape index (κ2) is 5.81. The monoisotopic (exact) mass is 279 g/mol. The van der Waals surface area contributed by atoms with Gasteiger partial charge in [0, 0.05) is 35.8 Å². The van der Waals surface area contributed by atoms with E-state index in [1.165, 1.54) is 0 Å². The molecule has 3 aromatic rings. The number of benzene rings is 2. The van der Waals surface area contributed by atoms with Crippen molar-refractivity contribution in [3.8, 4) is 0 Å². The molecule has 0 spiro atoms. The standard InChI is InChI=1S/C17H17N3O/c18-10-14-3-1-2-4-15(14)11-20-17(21)13-5-6-16-12(9-13)7-8-19-16/h1-9,19H,10-11,18H2,(H,20,21). The van der Waals surface area contributed by atoms with Crippen LogP contribution in [0.25, 0.3) is 10.9 Å². The first-order chi connectivity index (χ1) is 10.3. The van der Waals surface area contributed by atoms with Crippen molar-refractivity contribution >= 4 is 16.8 Å². The molecule has 0 bridgehead atoms. The Balaban J connectivity index is 1.74. The van der Waals surface area contributed by atoms with Crippen molar-refractivity contribution in [2.75, 3.05) is 0 Å². The van der Waals surface area contributed by atoms with Gasteiger partial charge in [-0.1, -0.05) is 24.3 Å². The summed E-state index contributed by atoms with van der Waals surface area (Å²) < 4.78 is 0. The van der Waals surface area contributed by atoms with E-state index in [0.29, 0.717) is 18.7 Å². The van der Waals surface area contributed by atoms with E-state index in [-0.39, 0.29) is 5.91 Å². The molecule has 0 radical (unpaired) electrons. The Morgan fingerprint density at radius 1 is 1.10 bits per heavy atom. The lowest BCUT2D eigenvalue weighted by Gasteiger charge is -2.09. The molecule has 21 heavy (non-hydrogen) atoms. The molecule has 0 saturated heterocycles. The fraction of sp³-hybridized carbons (Fsp3) is 0.118. The normalized spacial score (nSPS) is 10.7. The molecule has 0 atom stereocenters. The number of aromatic amines is 1. The van der Waals surface area contributed by atoms with Gasteiger partial charge in [-0.05, 0) is 35.4 Å². The van der Waals surface area contributed by atoms with Crippen LogP contribution in [0.2, 0.25) is 0 Å². The van der Waals surface area contributed by atoms with E-state index in [4.69, 9.17) is 5.73 Å². The number of fused-ring (bicyclic) bond motifs is 1. The molecule has 0 unspecified atom stereocenters. The van der Waals surface area contributed by atoms with E-state index in [0.717, 1.165) is 22.0 Å². The van der Waals surface area contributed by atoms with Crippen molar-refractivity contribution in [2.45, 2.75) is 13.1 Å². The van der Waals surface area contributed by atoms with Crippen LogP contribution in [0.1, 0.15) is 21.5 Å². The van der Waals surface area contributed by atoms with E-state index >= 15 is 0 Å². The van der Waals surface area contributed by atoms with Crippen molar-refractivity contribution in [1.29, 1.82) is 0 Å². The first-order valence-corrected chi connectivity index (χ1v) is 6.90. The molecule has 4 nitrogen and oxygen atoms in total. The van der Waals surface area contributed by atoms with Gasteiger partial charge in [-0.3, -0.25) is 4.79 Å². The molecule has 0 aliphatic heterocycles. The summed E-state index contributed by atoms with van der Waals surface area (Å²) in [7, 11) is 0. The molecular formula is C17H17N3O. The molecule has 1 heterocycles. The smallest absolute Gasteiger partial charge is 0.251 e. The van der Waals surface area contributed by atoms with Gasteiger partial charge in [0.2, 0.25) is 0 Å². The van der Waals surface area contributed by atoms with Gasteiger partial charge in [-0.25, -0.2) is 0 Å². The minimum Gasteiger partial charge on any atom is -0.361 e. The van der Waals surface area contributed by atoms with Gasteiger partial charge in [0.15, 0.2) is 0 Å². The first kappa shape index (κ1) is 13.4. The number of amides is 1. The zero-order valence-corrected chi connectivity index (χ0v) is 11.6. The highest BCUT2D eigenvalue weighted by Gasteiger charge is 2.07. The average molecular weight is 279 g/mol. The molecule has 4 heteroatoms. The molecule has 4 N–H and O–H groups in total. The van der Waals surface area contributed by atoms with Crippen LogP contribution >= 0.6 is 0 Å². The predicted octanol–water partition coefficient (Wildman–Crippen LogP) is 2.56. The SMILES string of the molecule is NCc1ccccc1CNC(=O)c1ccc2[nH]ccc2c1. The summed E-state index contributed by atoms with van der Waals surface area (Å²) in [5, 5.41) is 3.97. The summed E-state index contributed by atoms with van der Waals surface area (Å²) in [6.45, 7) is 0.957. The largest absolute Gasteiger partial charge is 0.361 e. The highest BCUT2D eigenvalue weighted by atomic mass is 16.1. The van der Waals surface area contributed by atoms with Gasteiger partial charge in [0.1, 0.15) is 0 Å². The molecule has 2 aromatic carbocycles. The summed E-state index contributed by atoms with van der Waals surface area (Å²) in [5.74, 6) is -0.0788. The number of hydrogen-bond donors (Lipinski definition) is 3. The Kier molecular flexibility index (Phi) is 3.71. The Bertz CT molecular complexity index is 776. The molecule has 0 aliphatic carbocycles. The molecule has 0 aliphatic rings. The average Bonchev–Trinajstić information content (AvgIpc) is 3.00. The Labute approximate surface area is 123 Å². The van der Waals surface area contributed by atoms with E-state index in [9.17, 15) is 4.79 Å². The lowest BCUT2D eigenvalue weighted by Crippen LogP contribution is -2.23. The quantitative estimate of drug-likeness (QED) is 0.687. The third-order valence-corrected chi connectivity index (χ3v) is 3.59. The van der Waals surface area contributed by atoms with Gasteiger partial charge < -0.3 is 16.0 Å². The number of H-pyrrole nitrogens is 1. The molecule has 106 valence electrons. The number of rotatable bonds is 4.